The summed E-state index contributed by atoms with van der Waals surface area (Å²) >= 11 is 0. The quantitative estimate of drug-likeness (QED) is 0.563. The number of hydrogen-bond acceptors (Lipinski definition) is 4. The van der Waals surface area contributed by atoms with Gasteiger partial charge in [-0.25, -0.2) is 8.78 Å². The summed E-state index contributed by atoms with van der Waals surface area (Å²) in [6.45, 7) is 3.90. The molecule has 1 fully saturated rings. The molecule has 8 heteroatoms. The number of anilines is 1. The molecule has 0 aliphatic carbocycles. The van der Waals surface area contributed by atoms with Gasteiger partial charge in [0.2, 0.25) is 6.41 Å². The molecule has 0 radical (unpaired) electrons. The largest absolute Gasteiger partial charge is 0.453 e. The molecule has 2 aliphatic rings. The smallest absolute Gasteiger partial charge is 0.214 e. The second kappa shape index (κ2) is 8.94. The van der Waals surface area contributed by atoms with Crippen molar-refractivity contribution in [1.29, 1.82) is 0 Å². The van der Waals surface area contributed by atoms with Crippen LogP contribution in [0.2, 0.25) is 0 Å². The van der Waals surface area contributed by atoms with Crippen molar-refractivity contribution in [2.24, 2.45) is 0 Å². The molecule has 1 aromatic heterocycles. The third-order valence-electron chi connectivity index (χ3n) is 6.62. The predicted molar refractivity (Wildman–Crippen MR) is 122 cm³/mol. The fourth-order valence-electron chi connectivity index (χ4n) is 4.75. The Bertz CT molecular complexity index is 1170. The Morgan fingerprint density at radius 3 is 2.73 bits per heavy atom. The summed E-state index contributed by atoms with van der Waals surface area (Å²) in [6, 6.07) is 7.43. The number of carbonyl (C=O) groups excluding carboxylic acids is 1. The number of piperidine rings is 1. The van der Waals surface area contributed by atoms with Crippen LogP contribution < -0.4 is 15.0 Å². The fraction of sp³-hybridized carbons (Fsp3) is 0.360. The van der Waals surface area contributed by atoms with Gasteiger partial charge in [0.15, 0.2) is 11.6 Å². The molecule has 1 N–H and O–H groups in total. The van der Waals surface area contributed by atoms with E-state index in [4.69, 9.17) is 4.74 Å². The second-order valence-electron chi connectivity index (χ2n) is 8.71. The Labute approximate surface area is 191 Å². The average molecular weight is 453 g/mol. The van der Waals surface area contributed by atoms with Crippen LogP contribution in [0.1, 0.15) is 37.8 Å². The number of benzene rings is 2. The minimum Gasteiger partial charge on any atom is -0.453 e. The van der Waals surface area contributed by atoms with Crippen LogP contribution >= 0.6 is 0 Å². The van der Waals surface area contributed by atoms with E-state index in [-0.39, 0.29) is 11.8 Å². The van der Waals surface area contributed by atoms with Crippen LogP contribution in [0, 0.1) is 11.6 Å². The molecule has 0 spiro atoms. The van der Waals surface area contributed by atoms with Gasteiger partial charge in [-0.1, -0.05) is 0 Å². The number of rotatable bonds is 5. The molecule has 6 nitrogen and oxygen atoms in total. The highest BCUT2D eigenvalue weighted by molar-refractivity contribution is 5.85. The van der Waals surface area contributed by atoms with E-state index in [9.17, 15) is 13.6 Å². The van der Waals surface area contributed by atoms with Crippen LogP contribution in [-0.2, 0) is 11.2 Å². The van der Waals surface area contributed by atoms with Gasteiger partial charge < -0.3 is 15.0 Å². The summed E-state index contributed by atoms with van der Waals surface area (Å²) in [6.07, 6.45) is 8.04. The summed E-state index contributed by atoms with van der Waals surface area (Å²) < 4.78 is 36.1. The van der Waals surface area contributed by atoms with Crippen LogP contribution in [-0.4, -0.2) is 35.3 Å². The van der Waals surface area contributed by atoms with Gasteiger partial charge in [-0.05, 0) is 70.0 Å². The van der Waals surface area contributed by atoms with Gasteiger partial charge >= 0.3 is 0 Å². The van der Waals surface area contributed by atoms with Crippen molar-refractivity contribution in [2.75, 3.05) is 18.0 Å². The number of hydrogen-bond donors (Lipinski definition) is 1. The minimum absolute atomic E-state index is 0.0546. The van der Waals surface area contributed by atoms with E-state index in [0.717, 1.165) is 67.2 Å². The van der Waals surface area contributed by atoms with Gasteiger partial charge in [0.05, 0.1) is 17.9 Å². The Morgan fingerprint density at radius 2 is 1.97 bits per heavy atom. The Morgan fingerprint density at radius 1 is 1.15 bits per heavy atom. The molecule has 0 bridgehead atoms. The zero-order valence-corrected chi connectivity index (χ0v) is 18.4. The third-order valence-corrected chi connectivity index (χ3v) is 6.62. The standard InChI is InChI=1S/C25H26F2N4O2/c1-16-2-4-21-23(30(16)15-32)6-5-20(25(21)33-24-7-3-18(26)12-22(24)27)17-13-29-31(14-17)19-8-10-28-11-9-19/h3,5-7,12-16,19,28H,2,4,8-11H2,1H3. The average Bonchev–Trinajstić information content (AvgIpc) is 3.31. The monoisotopic (exact) mass is 452 g/mol. The highest BCUT2D eigenvalue weighted by Gasteiger charge is 2.28. The van der Waals surface area contributed by atoms with Crippen molar-refractivity contribution in [3.05, 3.63) is 59.9 Å². The van der Waals surface area contributed by atoms with Crippen molar-refractivity contribution >= 4 is 12.1 Å². The highest BCUT2D eigenvalue weighted by atomic mass is 19.1. The van der Waals surface area contributed by atoms with Crippen molar-refractivity contribution in [2.45, 2.75) is 44.7 Å². The Kier molecular flexibility index (Phi) is 5.85. The van der Waals surface area contributed by atoms with E-state index in [1.54, 1.807) is 11.1 Å². The first-order valence-electron chi connectivity index (χ1n) is 11.3. The molecule has 2 aliphatic heterocycles. The predicted octanol–water partition coefficient (Wildman–Crippen LogP) is 4.84. The summed E-state index contributed by atoms with van der Waals surface area (Å²) in [5.41, 5.74) is 3.19. The first kappa shape index (κ1) is 21.6. The maximum Gasteiger partial charge on any atom is 0.214 e. The SMILES string of the molecule is CC1CCc2c(ccc(-c3cnn(C4CCNCC4)c3)c2Oc2ccc(F)cc2F)N1C=O. The number of nitrogens with one attached hydrogen (secondary N) is 1. The molecular formula is C25H26F2N4O2. The molecule has 5 rings (SSSR count). The topological polar surface area (TPSA) is 59.4 Å². The van der Waals surface area contributed by atoms with E-state index in [0.29, 0.717) is 18.2 Å². The number of ether oxygens (including phenoxy) is 1. The number of halogens is 2. The number of amides is 1. The Balaban J connectivity index is 1.60. The lowest BCUT2D eigenvalue weighted by atomic mass is 9.92. The molecule has 3 aromatic rings. The summed E-state index contributed by atoms with van der Waals surface area (Å²) in [4.78, 5) is 13.5. The first-order chi connectivity index (χ1) is 16.0. The summed E-state index contributed by atoms with van der Waals surface area (Å²) in [7, 11) is 0. The zero-order chi connectivity index (χ0) is 22.9. The number of fused-ring (bicyclic) bond motifs is 1. The number of carbonyl (C=O) groups is 1. The molecule has 1 amide bonds. The lowest BCUT2D eigenvalue weighted by molar-refractivity contribution is -0.107. The molecule has 3 heterocycles. The molecule has 1 atom stereocenters. The zero-order valence-electron chi connectivity index (χ0n) is 18.4. The van der Waals surface area contributed by atoms with E-state index < -0.39 is 11.6 Å². The van der Waals surface area contributed by atoms with E-state index >= 15 is 0 Å². The maximum absolute atomic E-state index is 14.5. The van der Waals surface area contributed by atoms with E-state index in [1.165, 1.54) is 12.1 Å². The van der Waals surface area contributed by atoms with Gasteiger partial charge in [-0.3, -0.25) is 9.48 Å². The lowest BCUT2D eigenvalue weighted by Crippen LogP contribution is -2.36. The maximum atomic E-state index is 14.5. The van der Waals surface area contributed by atoms with Gasteiger partial charge in [-0.2, -0.15) is 5.10 Å². The first-order valence-corrected chi connectivity index (χ1v) is 11.3. The number of aromatic nitrogens is 2. The van der Waals surface area contributed by atoms with Crippen LogP contribution in [0.5, 0.6) is 11.5 Å². The van der Waals surface area contributed by atoms with Gasteiger partial charge in [0.25, 0.3) is 0 Å². The van der Waals surface area contributed by atoms with Crippen LogP contribution in [0.25, 0.3) is 11.1 Å². The molecule has 1 unspecified atom stereocenters. The molecule has 2 aromatic carbocycles. The van der Waals surface area contributed by atoms with Crippen LogP contribution in [0.4, 0.5) is 14.5 Å². The van der Waals surface area contributed by atoms with Gasteiger partial charge in [0, 0.05) is 35.0 Å². The van der Waals surface area contributed by atoms with Crippen LogP contribution in [0.15, 0.2) is 42.7 Å². The van der Waals surface area contributed by atoms with Gasteiger partial charge in [0.1, 0.15) is 11.6 Å². The van der Waals surface area contributed by atoms with Crippen molar-refractivity contribution < 1.29 is 18.3 Å². The molecular weight excluding hydrogens is 426 g/mol. The third kappa shape index (κ3) is 4.11. The minimum atomic E-state index is -0.777. The van der Waals surface area contributed by atoms with Crippen LogP contribution in [0.3, 0.4) is 0 Å². The summed E-state index contributed by atoms with van der Waals surface area (Å²) in [5, 5.41) is 7.95. The molecule has 1 saturated heterocycles. The van der Waals surface area contributed by atoms with E-state index in [2.05, 4.69) is 10.4 Å². The summed E-state index contributed by atoms with van der Waals surface area (Å²) in [5.74, 6) is -1.03. The lowest BCUT2D eigenvalue weighted by Gasteiger charge is -2.33. The highest BCUT2D eigenvalue weighted by Crippen LogP contribution is 2.44. The molecule has 33 heavy (non-hydrogen) atoms. The molecule has 172 valence electrons. The Hall–Kier alpha value is -3.26. The van der Waals surface area contributed by atoms with Gasteiger partial charge in [-0.15, -0.1) is 0 Å². The normalized spacial score (nSPS) is 18.8. The second-order valence-corrected chi connectivity index (χ2v) is 8.71. The van der Waals surface area contributed by atoms with Crippen molar-refractivity contribution in [1.82, 2.24) is 15.1 Å². The van der Waals surface area contributed by atoms with Crippen molar-refractivity contribution in [3.63, 3.8) is 0 Å². The number of nitrogens with zero attached hydrogens (tertiary/aromatic N) is 3. The molecule has 0 saturated carbocycles. The fourth-order valence-corrected chi connectivity index (χ4v) is 4.75. The van der Waals surface area contributed by atoms with Crippen molar-refractivity contribution in [3.8, 4) is 22.6 Å². The van der Waals surface area contributed by atoms with E-state index in [1.807, 2.05) is 29.9 Å².